The standard InChI is InChI=1S/C20H15NO6S/c1-25-16-10-11(15(23)9-7-5-4-6-8(9)14(10)22)17(26-2)18-12(16)13(21)19(28-18)20(24)27-3/h4-7H,21H2,1-3H3. The highest BCUT2D eigenvalue weighted by atomic mass is 32.1. The van der Waals surface area contributed by atoms with Crippen molar-refractivity contribution in [3.63, 3.8) is 0 Å². The summed E-state index contributed by atoms with van der Waals surface area (Å²) in [7, 11) is 4.03. The van der Waals surface area contributed by atoms with Crippen LogP contribution >= 0.6 is 11.3 Å². The summed E-state index contributed by atoms with van der Waals surface area (Å²) in [6, 6.07) is 6.56. The Morgan fingerprint density at radius 3 is 1.96 bits per heavy atom. The molecule has 0 fully saturated rings. The van der Waals surface area contributed by atoms with Crippen LogP contribution in [0.3, 0.4) is 0 Å². The van der Waals surface area contributed by atoms with Crippen LogP contribution in [0.2, 0.25) is 0 Å². The first kappa shape index (κ1) is 18.0. The summed E-state index contributed by atoms with van der Waals surface area (Å²) in [6.45, 7) is 0. The fraction of sp³-hybridized carbons (Fsp3) is 0.150. The molecule has 0 bridgehead atoms. The molecule has 0 unspecified atom stereocenters. The molecule has 2 N–H and O–H groups in total. The number of esters is 1. The lowest BCUT2D eigenvalue weighted by Gasteiger charge is -2.22. The average molecular weight is 397 g/mol. The monoisotopic (exact) mass is 397 g/mol. The molecule has 2 aromatic carbocycles. The zero-order valence-corrected chi connectivity index (χ0v) is 16.1. The van der Waals surface area contributed by atoms with Crippen LogP contribution in [0.15, 0.2) is 24.3 Å². The van der Waals surface area contributed by atoms with Gasteiger partial charge >= 0.3 is 5.97 Å². The predicted molar refractivity (Wildman–Crippen MR) is 104 cm³/mol. The van der Waals surface area contributed by atoms with E-state index in [1.165, 1.54) is 21.3 Å². The van der Waals surface area contributed by atoms with Gasteiger partial charge in [0.15, 0.2) is 11.6 Å². The fourth-order valence-corrected chi connectivity index (χ4v) is 4.69. The van der Waals surface area contributed by atoms with Gasteiger partial charge in [-0.15, -0.1) is 11.3 Å². The van der Waals surface area contributed by atoms with Crippen LogP contribution in [-0.2, 0) is 4.74 Å². The maximum absolute atomic E-state index is 13.2. The number of fused-ring (bicyclic) bond motifs is 3. The van der Waals surface area contributed by atoms with E-state index in [0.717, 1.165) is 11.3 Å². The van der Waals surface area contributed by atoms with Gasteiger partial charge in [-0.25, -0.2) is 4.79 Å². The van der Waals surface area contributed by atoms with Crippen molar-refractivity contribution in [1.82, 2.24) is 0 Å². The number of benzene rings is 2. The first-order valence-corrected chi connectivity index (χ1v) is 9.04. The Bertz CT molecular complexity index is 1190. The SMILES string of the molecule is COC(=O)c1sc2c(OC)c3c(c(OC)c2c1N)C(=O)c1ccccc1C3=O. The number of thiophene rings is 1. The van der Waals surface area contributed by atoms with Gasteiger partial charge in [-0.3, -0.25) is 9.59 Å². The van der Waals surface area contributed by atoms with Gasteiger partial charge in [0, 0.05) is 11.1 Å². The molecule has 1 heterocycles. The summed E-state index contributed by atoms with van der Waals surface area (Å²) in [5.41, 5.74) is 7.07. The predicted octanol–water partition coefficient (Wildman–Crippen LogP) is 3.06. The number of anilines is 1. The van der Waals surface area contributed by atoms with Crippen molar-refractivity contribution < 1.29 is 28.6 Å². The van der Waals surface area contributed by atoms with E-state index in [9.17, 15) is 14.4 Å². The quantitative estimate of drug-likeness (QED) is 0.530. The molecule has 4 rings (SSSR count). The molecule has 28 heavy (non-hydrogen) atoms. The first-order chi connectivity index (χ1) is 13.5. The molecule has 0 amide bonds. The summed E-state index contributed by atoms with van der Waals surface area (Å²) in [5, 5.41) is 0.351. The number of nitrogens with two attached hydrogens (primary N) is 1. The Labute approximate surface area is 163 Å². The fourth-order valence-electron chi connectivity index (χ4n) is 3.52. The lowest BCUT2D eigenvalue weighted by Crippen LogP contribution is -2.22. The number of carbonyl (C=O) groups is 3. The minimum Gasteiger partial charge on any atom is -0.495 e. The van der Waals surface area contributed by atoms with Crippen molar-refractivity contribution in [3.8, 4) is 11.5 Å². The van der Waals surface area contributed by atoms with Crippen molar-refractivity contribution in [2.24, 2.45) is 0 Å². The minimum absolute atomic E-state index is 0.0801. The van der Waals surface area contributed by atoms with Crippen LogP contribution in [0.25, 0.3) is 10.1 Å². The van der Waals surface area contributed by atoms with Gasteiger partial charge in [0.25, 0.3) is 0 Å². The van der Waals surface area contributed by atoms with E-state index >= 15 is 0 Å². The highest BCUT2D eigenvalue weighted by molar-refractivity contribution is 7.22. The van der Waals surface area contributed by atoms with Gasteiger partial charge in [0.1, 0.15) is 16.4 Å². The van der Waals surface area contributed by atoms with E-state index in [2.05, 4.69) is 0 Å². The molecule has 8 heteroatoms. The van der Waals surface area contributed by atoms with E-state index < -0.39 is 5.97 Å². The third kappa shape index (κ3) is 2.18. The van der Waals surface area contributed by atoms with Gasteiger partial charge in [0.05, 0.1) is 48.2 Å². The van der Waals surface area contributed by atoms with Crippen molar-refractivity contribution in [3.05, 3.63) is 51.4 Å². The number of rotatable bonds is 3. The summed E-state index contributed by atoms with van der Waals surface area (Å²) in [5.74, 6) is -1.02. The van der Waals surface area contributed by atoms with Gasteiger partial charge in [0.2, 0.25) is 0 Å². The summed E-state index contributed by atoms with van der Waals surface area (Å²) in [6.07, 6.45) is 0. The number of hydrogen-bond donors (Lipinski definition) is 1. The van der Waals surface area contributed by atoms with Gasteiger partial charge in [-0.1, -0.05) is 24.3 Å². The number of methoxy groups -OCH3 is 3. The van der Waals surface area contributed by atoms with Crippen molar-refractivity contribution in [2.45, 2.75) is 0 Å². The summed E-state index contributed by atoms with van der Waals surface area (Å²) in [4.78, 5) is 38.7. The molecule has 3 aromatic rings. The largest absolute Gasteiger partial charge is 0.495 e. The Morgan fingerprint density at radius 2 is 1.46 bits per heavy atom. The Morgan fingerprint density at radius 1 is 0.929 bits per heavy atom. The third-order valence-electron chi connectivity index (χ3n) is 4.73. The van der Waals surface area contributed by atoms with E-state index in [4.69, 9.17) is 19.9 Å². The molecular weight excluding hydrogens is 382 g/mol. The Hall–Kier alpha value is -3.39. The van der Waals surface area contributed by atoms with Gasteiger partial charge < -0.3 is 19.9 Å². The van der Waals surface area contributed by atoms with Gasteiger partial charge in [-0.05, 0) is 0 Å². The molecule has 0 spiro atoms. The zero-order chi connectivity index (χ0) is 20.2. The van der Waals surface area contributed by atoms with E-state index in [1.807, 2.05) is 0 Å². The molecule has 0 aliphatic heterocycles. The average Bonchev–Trinajstić information content (AvgIpc) is 3.06. The lowest BCUT2D eigenvalue weighted by molar-refractivity contribution is 0.0607. The molecule has 0 saturated carbocycles. The maximum Gasteiger partial charge on any atom is 0.350 e. The van der Waals surface area contributed by atoms with Crippen LogP contribution in [-0.4, -0.2) is 38.9 Å². The molecule has 1 aliphatic carbocycles. The second kappa shape index (κ2) is 6.35. The molecule has 1 aromatic heterocycles. The Kier molecular flexibility index (Phi) is 4.08. The molecule has 0 radical (unpaired) electrons. The van der Waals surface area contributed by atoms with E-state index in [0.29, 0.717) is 10.1 Å². The molecule has 142 valence electrons. The number of ether oxygens (including phenoxy) is 3. The second-order valence-electron chi connectivity index (χ2n) is 6.06. The van der Waals surface area contributed by atoms with Crippen molar-refractivity contribution in [1.29, 1.82) is 0 Å². The van der Waals surface area contributed by atoms with Crippen LogP contribution < -0.4 is 15.2 Å². The van der Waals surface area contributed by atoms with Crippen LogP contribution in [0.1, 0.15) is 41.5 Å². The van der Waals surface area contributed by atoms with E-state index in [-0.39, 0.29) is 55.9 Å². The van der Waals surface area contributed by atoms with Crippen LogP contribution in [0.4, 0.5) is 5.69 Å². The highest BCUT2D eigenvalue weighted by Gasteiger charge is 2.38. The number of nitrogen functional groups attached to an aromatic ring is 1. The van der Waals surface area contributed by atoms with Crippen LogP contribution in [0, 0.1) is 0 Å². The summed E-state index contributed by atoms with van der Waals surface area (Å²) >= 11 is 1.03. The lowest BCUT2D eigenvalue weighted by atomic mass is 9.82. The molecule has 1 aliphatic rings. The molecular formula is C20H15NO6S. The number of carbonyl (C=O) groups excluding carboxylic acids is 3. The van der Waals surface area contributed by atoms with Crippen molar-refractivity contribution >= 4 is 44.6 Å². The molecule has 0 saturated heterocycles. The third-order valence-corrected chi connectivity index (χ3v) is 5.92. The van der Waals surface area contributed by atoms with Crippen LogP contribution in [0.5, 0.6) is 11.5 Å². The number of hydrogen-bond acceptors (Lipinski definition) is 8. The molecule has 0 atom stereocenters. The van der Waals surface area contributed by atoms with Gasteiger partial charge in [-0.2, -0.15) is 0 Å². The van der Waals surface area contributed by atoms with E-state index in [1.54, 1.807) is 24.3 Å². The number of ketones is 2. The normalized spacial score (nSPS) is 12.5. The zero-order valence-electron chi connectivity index (χ0n) is 15.2. The topological polar surface area (TPSA) is 105 Å². The van der Waals surface area contributed by atoms with Crippen molar-refractivity contribution in [2.75, 3.05) is 27.1 Å². The molecule has 7 nitrogen and oxygen atoms in total. The summed E-state index contributed by atoms with van der Waals surface area (Å²) < 4.78 is 16.3. The minimum atomic E-state index is -0.623. The maximum atomic E-state index is 13.2. The highest BCUT2D eigenvalue weighted by Crippen LogP contribution is 2.51. The first-order valence-electron chi connectivity index (χ1n) is 8.22. The Balaban J connectivity index is 2.19. The second-order valence-corrected chi connectivity index (χ2v) is 7.08. The smallest absolute Gasteiger partial charge is 0.350 e.